The lowest BCUT2D eigenvalue weighted by atomic mass is 10.0. The molecule has 0 heterocycles. The Labute approximate surface area is 126 Å². The van der Waals surface area contributed by atoms with E-state index in [0.29, 0.717) is 0 Å². The molecule has 0 spiro atoms. The molecule has 0 aromatic heterocycles. The van der Waals surface area contributed by atoms with E-state index < -0.39 is 0 Å². The molecule has 0 aliphatic carbocycles. The molecule has 2 rings (SSSR count). The summed E-state index contributed by atoms with van der Waals surface area (Å²) in [5.74, 6) is 0. The third-order valence-corrected chi connectivity index (χ3v) is 3.69. The second-order valence-electron chi connectivity index (χ2n) is 5.44. The van der Waals surface area contributed by atoms with Crippen LogP contribution >= 0.6 is 0 Å². The summed E-state index contributed by atoms with van der Waals surface area (Å²) in [7, 11) is 0. The van der Waals surface area contributed by atoms with Gasteiger partial charge in [0.05, 0.1) is 6.04 Å². The number of fused-ring (bicyclic) bond motifs is 1. The van der Waals surface area contributed by atoms with Crippen molar-refractivity contribution < 1.29 is 4.79 Å². The summed E-state index contributed by atoms with van der Waals surface area (Å²) in [5, 5.41) is 8.31. The minimum Gasteiger partial charge on any atom is -0.338 e. The van der Waals surface area contributed by atoms with E-state index in [-0.39, 0.29) is 12.1 Å². The normalized spacial score (nSPS) is 12.1. The van der Waals surface area contributed by atoms with Crippen molar-refractivity contribution in [2.75, 3.05) is 6.54 Å². The molecule has 0 saturated carbocycles. The minimum absolute atomic E-state index is 0.000723. The van der Waals surface area contributed by atoms with E-state index in [1.54, 1.807) is 0 Å². The fourth-order valence-corrected chi connectivity index (χ4v) is 2.39. The van der Waals surface area contributed by atoms with Crippen LogP contribution in [0.15, 0.2) is 42.5 Å². The first kappa shape index (κ1) is 15.4. The van der Waals surface area contributed by atoms with Crippen LogP contribution < -0.4 is 10.6 Å². The zero-order valence-corrected chi connectivity index (χ0v) is 12.9. The van der Waals surface area contributed by atoms with Crippen LogP contribution in [0.25, 0.3) is 10.8 Å². The number of urea groups is 1. The molecule has 112 valence electrons. The third-order valence-electron chi connectivity index (χ3n) is 3.69. The first-order valence-corrected chi connectivity index (χ1v) is 7.73. The van der Waals surface area contributed by atoms with Gasteiger partial charge in [-0.25, -0.2) is 4.79 Å². The van der Waals surface area contributed by atoms with Crippen LogP contribution in [-0.2, 0) is 0 Å². The lowest BCUT2D eigenvalue weighted by molar-refractivity contribution is 0.237. The molecule has 3 nitrogen and oxygen atoms in total. The third kappa shape index (κ3) is 4.48. The SMILES string of the molecule is CCCCCNC(=O)NC(C)c1ccc2ccccc2c1. The van der Waals surface area contributed by atoms with Crippen molar-refractivity contribution in [3.8, 4) is 0 Å². The number of nitrogens with one attached hydrogen (secondary N) is 2. The van der Waals surface area contributed by atoms with Crippen molar-refractivity contribution in [2.45, 2.75) is 39.2 Å². The zero-order valence-electron chi connectivity index (χ0n) is 12.9. The quantitative estimate of drug-likeness (QED) is 0.759. The lowest BCUT2D eigenvalue weighted by Crippen LogP contribution is -2.37. The number of carbonyl (C=O) groups is 1. The van der Waals surface area contributed by atoms with Crippen LogP contribution in [0, 0.1) is 0 Å². The molecule has 3 heteroatoms. The number of benzene rings is 2. The van der Waals surface area contributed by atoms with Gasteiger partial charge in [-0.3, -0.25) is 0 Å². The van der Waals surface area contributed by atoms with Gasteiger partial charge in [0, 0.05) is 6.54 Å². The van der Waals surface area contributed by atoms with Gasteiger partial charge < -0.3 is 10.6 Å². The molecule has 0 fully saturated rings. The monoisotopic (exact) mass is 284 g/mol. The fraction of sp³-hybridized carbons (Fsp3) is 0.389. The van der Waals surface area contributed by atoms with Gasteiger partial charge in [-0.1, -0.05) is 56.2 Å². The van der Waals surface area contributed by atoms with Crippen LogP contribution in [-0.4, -0.2) is 12.6 Å². The summed E-state index contributed by atoms with van der Waals surface area (Å²) in [6.07, 6.45) is 3.35. The van der Waals surface area contributed by atoms with Crippen molar-refractivity contribution in [3.63, 3.8) is 0 Å². The second kappa shape index (κ2) is 7.67. The van der Waals surface area contributed by atoms with E-state index in [1.807, 2.05) is 19.1 Å². The highest BCUT2D eigenvalue weighted by molar-refractivity contribution is 5.83. The molecule has 2 aromatic carbocycles. The number of carbonyl (C=O) groups excluding carboxylic acids is 1. The Morgan fingerprint density at radius 1 is 1.10 bits per heavy atom. The van der Waals surface area contributed by atoms with Gasteiger partial charge in [-0.05, 0) is 35.7 Å². The highest BCUT2D eigenvalue weighted by atomic mass is 16.2. The number of unbranched alkanes of at least 4 members (excludes halogenated alkanes) is 2. The molecule has 0 saturated heterocycles. The average molecular weight is 284 g/mol. The summed E-state index contributed by atoms with van der Waals surface area (Å²) < 4.78 is 0. The largest absolute Gasteiger partial charge is 0.338 e. The van der Waals surface area contributed by atoms with Gasteiger partial charge in [-0.2, -0.15) is 0 Å². The first-order chi connectivity index (χ1) is 10.2. The number of hydrogen-bond acceptors (Lipinski definition) is 1. The van der Waals surface area contributed by atoms with E-state index in [4.69, 9.17) is 0 Å². The van der Waals surface area contributed by atoms with Crippen molar-refractivity contribution in [2.24, 2.45) is 0 Å². The second-order valence-corrected chi connectivity index (χ2v) is 5.44. The topological polar surface area (TPSA) is 41.1 Å². The van der Waals surface area contributed by atoms with E-state index in [1.165, 1.54) is 10.8 Å². The van der Waals surface area contributed by atoms with Gasteiger partial charge in [0.1, 0.15) is 0 Å². The summed E-state index contributed by atoms with van der Waals surface area (Å²) in [4.78, 5) is 11.8. The van der Waals surface area contributed by atoms with Gasteiger partial charge in [0.15, 0.2) is 0 Å². The average Bonchev–Trinajstić information content (AvgIpc) is 2.51. The maximum atomic E-state index is 11.8. The van der Waals surface area contributed by atoms with E-state index >= 15 is 0 Å². The Morgan fingerprint density at radius 2 is 1.86 bits per heavy atom. The summed E-state index contributed by atoms with van der Waals surface area (Å²) in [6.45, 7) is 4.90. The summed E-state index contributed by atoms with van der Waals surface area (Å²) in [6, 6.07) is 14.5. The molecule has 2 aromatic rings. The van der Waals surface area contributed by atoms with Crippen LogP contribution in [0.1, 0.15) is 44.7 Å². The maximum absolute atomic E-state index is 11.8. The molecule has 21 heavy (non-hydrogen) atoms. The van der Waals surface area contributed by atoms with Gasteiger partial charge >= 0.3 is 6.03 Å². The van der Waals surface area contributed by atoms with Gasteiger partial charge in [-0.15, -0.1) is 0 Å². The highest BCUT2D eigenvalue weighted by Crippen LogP contribution is 2.20. The van der Waals surface area contributed by atoms with Crippen molar-refractivity contribution in [1.29, 1.82) is 0 Å². The Hall–Kier alpha value is -2.03. The molecule has 0 aliphatic heterocycles. The van der Waals surface area contributed by atoms with Crippen molar-refractivity contribution in [3.05, 3.63) is 48.0 Å². The van der Waals surface area contributed by atoms with Gasteiger partial charge in [0.25, 0.3) is 0 Å². The molecule has 0 radical (unpaired) electrons. The number of amides is 2. The zero-order chi connectivity index (χ0) is 15.1. The maximum Gasteiger partial charge on any atom is 0.315 e. The Bertz CT molecular complexity index is 595. The number of rotatable bonds is 6. The first-order valence-electron chi connectivity index (χ1n) is 7.73. The molecular formula is C18H24N2O. The molecule has 1 unspecified atom stereocenters. The highest BCUT2D eigenvalue weighted by Gasteiger charge is 2.09. The van der Waals surface area contributed by atoms with Gasteiger partial charge in [0.2, 0.25) is 0 Å². The number of hydrogen-bond donors (Lipinski definition) is 2. The van der Waals surface area contributed by atoms with Crippen LogP contribution in [0.2, 0.25) is 0 Å². The Kier molecular flexibility index (Phi) is 5.61. The van der Waals surface area contributed by atoms with Crippen LogP contribution in [0.4, 0.5) is 4.79 Å². The Balaban J connectivity index is 1.92. The van der Waals surface area contributed by atoms with Crippen LogP contribution in [0.5, 0.6) is 0 Å². The van der Waals surface area contributed by atoms with E-state index in [2.05, 4.69) is 47.9 Å². The molecule has 2 amide bonds. The predicted octanol–water partition coefficient (Wildman–Crippen LogP) is 4.39. The van der Waals surface area contributed by atoms with Crippen molar-refractivity contribution in [1.82, 2.24) is 10.6 Å². The van der Waals surface area contributed by atoms with E-state index in [9.17, 15) is 4.79 Å². The standard InChI is InChI=1S/C18H24N2O/c1-3-4-7-12-19-18(21)20-14(2)16-11-10-15-8-5-6-9-17(15)13-16/h5-6,8-11,13-14H,3-4,7,12H2,1-2H3,(H2,19,20,21). The lowest BCUT2D eigenvalue weighted by Gasteiger charge is -2.15. The van der Waals surface area contributed by atoms with Crippen LogP contribution in [0.3, 0.4) is 0 Å². The fourth-order valence-electron chi connectivity index (χ4n) is 2.39. The minimum atomic E-state index is -0.0910. The molecule has 2 N–H and O–H groups in total. The molecule has 0 aliphatic rings. The molecular weight excluding hydrogens is 260 g/mol. The molecule has 1 atom stereocenters. The molecule has 0 bridgehead atoms. The smallest absolute Gasteiger partial charge is 0.315 e. The predicted molar refractivity (Wildman–Crippen MR) is 88.4 cm³/mol. The summed E-state index contributed by atoms with van der Waals surface area (Å²) >= 11 is 0. The summed E-state index contributed by atoms with van der Waals surface area (Å²) in [5.41, 5.74) is 1.12. The Morgan fingerprint density at radius 3 is 2.62 bits per heavy atom. The van der Waals surface area contributed by atoms with Crippen molar-refractivity contribution >= 4 is 16.8 Å². The van der Waals surface area contributed by atoms with E-state index in [0.717, 1.165) is 31.4 Å².